The summed E-state index contributed by atoms with van der Waals surface area (Å²) in [4.78, 5) is 2.53. The van der Waals surface area contributed by atoms with Gasteiger partial charge in [-0.05, 0) is 38.6 Å². The third-order valence-electron chi connectivity index (χ3n) is 2.57. The molecule has 13 heavy (non-hydrogen) atoms. The monoisotopic (exact) mass is 182 g/mol. The zero-order valence-electron chi connectivity index (χ0n) is 8.81. The van der Waals surface area contributed by atoms with Gasteiger partial charge < -0.3 is 5.32 Å². The molecule has 0 amide bonds. The molecule has 1 aliphatic heterocycles. The van der Waals surface area contributed by atoms with Crippen LogP contribution in [0.15, 0.2) is 12.2 Å². The van der Waals surface area contributed by atoms with Crippen LogP contribution < -0.4 is 5.32 Å². The minimum Gasteiger partial charge on any atom is -0.316 e. The van der Waals surface area contributed by atoms with Crippen LogP contribution in [0.5, 0.6) is 0 Å². The highest BCUT2D eigenvalue weighted by Crippen LogP contribution is 2.10. The second kappa shape index (κ2) is 6.17. The van der Waals surface area contributed by atoms with Gasteiger partial charge in [-0.15, -0.1) is 0 Å². The van der Waals surface area contributed by atoms with Crippen molar-refractivity contribution < 1.29 is 0 Å². The Bertz CT molecular complexity index is 146. The summed E-state index contributed by atoms with van der Waals surface area (Å²) in [7, 11) is 1.98. The molecule has 2 nitrogen and oxygen atoms in total. The maximum absolute atomic E-state index is 4.06. The van der Waals surface area contributed by atoms with Gasteiger partial charge in [0, 0.05) is 13.1 Å². The van der Waals surface area contributed by atoms with E-state index in [9.17, 15) is 0 Å². The predicted octanol–water partition coefficient (Wildman–Crippen LogP) is 1.64. The number of hydrogen-bond acceptors (Lipinski definition) is 2. The molecule has 0 aromatic rings. The van der Waals surface area contributed by atoms with Crippen LogP contribution in [0, 0.1) is 0 Å². The van der Waals surface area contributed by atoms with E-state index in [-0.39, 0.29) is 0 Å². The van der Waals surface area contributed by atoms with E-state index in [1.54, 1.807) is 0 Å². The number of likely N-dealkylation sites (tertiary alicyclic amines) is 1. The first-order chi connectivity index (χ1) is 6.33. The van der Waals surface area contributed by atoms with Crippen molar-refractivity contribution in [2.24, 2.45) is 0 Å². The standard InChI is InChI=1S/C11H22N2/c1-11(9-12-2)10-13-7-5-3-4-6-8-13/h12H,1,3-10H2,2H3. The van der Waals surface area contributed by atoms with Crippen LogP contribution in [0.25, 0.3) is 0 Å². The number of rotatable bonds is 4. The Morgan fingerprint density at radius 1 is 1.23 bits per heavy atom. The van der Waals surface area contributed by atoms with Gasteiger partial charge in [-0.2, -0.15) is 0 Å². The van der Waals surface area contributed by atoms with E-state index < -0.39 is 0 Å². The molecule has 0 bridgehead atoms. The van der Waals surface area contributed by atoms with Crippen LogP contribution in [-0.2, 0) is 0 Å². The Morgan fingerprint density at radius 2 is 1.85 bits per heavy atom. The maximum Gasteiger partial charge on any atom is 0.0202 e. The molecule has 1 N–H and O–H groups in total. The smallest absolute Gasteiger partial charge is 0.0202 e. The van der Waals surface area contributed by atoms with Gasteiger partial charge >= 0.3 is 0 Å². The molecule has 0 saturated carbocycles. The van der Waals surface area contributed by atoms with E-state index in [0.29, 0.717) is 0 Å². The quantitative estimate of drug-likeness (QED) is 0.665. The van der Waals surface area contributed by atoms with Gasteiger partial charge in [-0.3, -0.25) is 4.90 Å². The molecule has 1 aliphatic rings. The molecule has 0 radical (unpaired) electrons. The molecule has 0 aliphatic carbocycles. The normalized spacial score (nSPS) is 19.8. The highest BCUT2D eigenvalue weighted by atomic mass is 15.1. The first kappa shape index (κ1) is 10.7. The Labute approximate surface area is 82.0 Å². The van der Waals surface area contributed by atoms with E-state index in [1.165, 1.54) is 44.3 Å². The highest BCUT2D eigenvalue weighted by molar-refractivity contribution is 4.99. The number of nitrogens with one attached hydrogen (secondary N) is 1. The zero-order chi connectivity index (χ0) is 9.52. The average Bonchev–Trinajstić information content (AvgIpc) is 2.33. The summed E-state index contributed by atoms with van der Waals surface area (Å²) in [5, 5.41) is 3.15. The summed E-state index contributed by atoms with van der Waals surface area (Å²) in [6.45, 7) is 8.64. The number of hydrogen-bond donors (Lipinski definition) is 1. The van der Waals surface area contributed by atoms with E-state index in [1.807, 2.05) is 7.05 Å². The molecule has 0 unspecified atom stereocenters. The lowest BCUT2D eigenvalue weighted by molar-refractivity contribution is 0.307. The number of likely N-dealkylation sites (N-methyl/N-ethyl adjacent to an activating group) is 1. The molecule has 1 saturated heterocycles. The van der Waals surface area contributed by atoms with Crippen molar-refractivity contribution >= 4 is 0 Å². The van der Waals surface area contributed by atoms with Gasteiger partial charge in [-0.1, -0.05) is 19.4 Å². The van der Waals surface area contributed by atoms with Gasteiger partial charge in [0.1, 0.15) is 0 Å². The highest BCUT2D eigenvalue weighted by Gasteiger charge is 2.08. The van der Waals surface area contributed by atoms with Crippen molar-refractivity contribution in [3.05, 3.63) is 12.2 Å². The van der Waals surface area contributed by atoms with Crippen molar-refractivity contribution in [2.75, 3.05) is 33.2 Å². The van der Waals surface area contributed by atoms with Crippen LogP contribution in [0.1, 0.15) is 25.7 Å². The van der Waals surface area contributed by atoms with Crippen molar-refractivity contribution in [1.82, 2.24) is 10.2 Å². The second-order valence-corrected chi connectivity index (χ2v) is 3.97. The number of nitrogens with zero attached hydrogens (tertiary/aromatic N) is 1. The summed E-state index contributed by atoms with van der Waals surface area (Å²) >= 11 is 0. The third-order valence-corrected chi connectivity index (χ3v) is 2.57. The predicted molar refractivity (Wildman–Crippen MR) is 58.0 cm³/mol. The Hall–Kier alpha value is -0.340. The van der Waals surface area contributed by atoms with Gasteiger partial charge in [-0.25, -0.2) is 0 Å². The first-order valence-corrected chi connectivity index (χ1v) is 5.36. The van der Waals surface area contributed by atoms with Gasteiger partial charge in [0.2, 0.25) is 0 Å². The fourth-order valence-electron chi connectivity index (χ4n) is 1.92. The molecular formula is C11H22N2. The summed E-state index contributed by atoms with van der Waals surface area (Å²) in [5.74, 6) is 0. The molecule has 0 atom stereocenters. The molecule has 1 heterocycles. The van der Waals surface area contributed by atoms with Crippen molar-refractivity contribution in [2.45, 2.75) is 25.7 Å². The minimum atomic E-state index is 0.955. The van der Waals surface area contributed by atoms with Crippen LogP contribution >= 0.6 is 0 Å². The third kappa shape index (κ3) is 4.44. The Balaban J connectivity index is 2.21. The Morgan fingerprint density at radius 3 is 2.38 bits per heavy atom. The average molecular weight is 182 g/mol. The van der Waals surface area contributed by atoms with Gasteiger partial charge in [0.05, 0.1) is 0 Å². The fraction of sp³-hybridized carbons (Fsp3) is 0.818. The van der Waals surface area contributed by atoms with Crippen LogP contribution in [0.4, 0.5) is 0 Å². The SMILES string of the molecule is C=C(CNC)CN1CCCCCC1. The van der Waals surface area contributed by atoms with Crippen molar-refractivity contribution in [3.63, 3.8) is 0 Å². The van der Waals surface area contributed by atoms with Crippen LogP contribution in [0.2, 0.25) is 0 Å². The van der Waals surface area contributed by atoms with Crippen molar-refractivity contribution in [3.8, 4) is 0 Å². The van der Waals surface area contributed by atoms with Gasteiger partial charge in [0.25, 0.3) is 0 Å². The molecule has 0 aromatic carbocycles. The zero-order valence-corrected chi connectivity index (χ0v) is 8.81. The lowest BCUT2D eigenvalue weighted by atomic mass is 10.2. The molecular weight excluding hydrogens is 160 g/mol. The van der Waals surface area contributed by atoms with Crippen LogP contribution in [-0.4, -0.2) is 38.1 Å². The molecule has 2 heteroatoms. The van der Waals surface area contributed by atoms with E-state index in [0.717, 1.165) is 13.1 Å². The molecule has 1 fully saturated rings. The molecule has 0 aromatic heterocycles. The Kier molecular flexibility index (Phi) is 5.09. The van der Waals surface area contributed by atoms with Crippen LogP contribution in [0.3, 0.4) is 0 Å². The molecule has 76 valence electrons. The van der Waals surface area contributed by atoms with E-state index >= 15 is 0 Å². The topological polar surface area (TPSA) is 15.3 Å². The molecule has 0 spiro atoms. The largest absolute Gasteiger partial charge is 0.316 e. The summed E-state index contributed by atoms with van der Waals surface area (Å²) in [6.07, 6.45) is 5.56. The first-order valence-electron chi connectivity index (χ1n) is 5.36. The summed E-state index contributed by atoms with van der Waals surface area (Å²) < 4.78 is 0. The molecule has 1 rings (SSSR count). The van der Waals surface area contributed by atoms with E-state index in [4.69, 9.17) is 0 Å². The van der Waals surface area contributed by atoms with Crippen molar-refractivity contribution in [1.29, 1.82) is 0 Å². The fourth-order valence-corrected chi connectivity index (χ4v) is 1.92. The summed E-state index contributed by atoms with van der Waals surface area (Å²) in [5.41, 5.74) is 1.31. The van der Waals surface area contributed by atoms with Gasteiger partial charge in [0.15, 0.2) is 0 Å². The second-order valence-electron chi connectivity index (χ2n) is 3.97. The maximum atomic E-state index is 4.06. The summed E-state index contributed by atoms with van der Waals surface area (Å²) in [6, 6.07) is 0. The lowest BCUT2D eigenvalue weighted by Gasteiger charge is -2.20. The minimum absolute atomic E-state index is 0.955. The lowest BCUT2D eigenvalue weighted by Crippen LogP contribution is -2.29. The van der Waals surface area contributed by atoms with E-state index in [2.05, 4.69) is 16.8 Å².